The number of carbonyl (C=O) groups excluding carboxylic acids is 1. The molecule has 1 amide bonds. The number of carbonyl (C=O) groups is 1. The SMILES string of the molecule is CN(C)S(=O)(=O)CCC(=O)N1CCN(c2ncccn2)CC1. The van der Waals surface area contributed by atoms with Crippen LogP contribution in [0.3, 0.4) is 0 Å². The number of rotatable bonds is 5. The van der Waals surface area contributed by atoms with Gasteiger partial charge in [0.1, 0.15) is 0 Å². The van der Waals surface area contributed by atoms with Crippen LogP contribution < -0.4 is 4.90 Å². The fourth-order valence-corrected chi connectivity index (χ4v) is 2.97. The summed E-state index contributed by atoms with van der Waals surface area (Å²) in [4.78, 5) is 24.2. The van der Waals surface area contributed by atoms with Crippen molar-refractivity contribution in [3.8, 4) is 0 Å². The van der Waals surface area contributed by atoms with Crippen molar-refractivity contribution in [3.63, 3.8) is 0 Å². The summed E-state index contributed by atoms with van der Waals surface area (Å²) in [5, 5.41) is 0. The van der Waals surface area contributed by atoms with Gasteiger partial charge in [-0.1, -0.05) is 0 Å². The number of nitrogens with zero attached hydrogens (tertiary/aromatic N) is 5. The predicted octanol–water partition coefficient (Wildman–Crippen LogP) is -0.593. The molecule has 0 bridgehead atoms. The summed E-state index contributed by atoms with van der Waals surface area (Å²) in [5.41, 5.74) is 0. The van der Waals surface area contributed by atoms with Crippen LogP contribution in [0.25, 0.3) is 0 Å². The van der Waals surface area contributed by atoms with E-state index >= 15 is 0 Å². The van der Waals surface area contributed by atoms with E-state index in [1.165, 1.54) is 14.1 Å². The van der Waals surface area contributed by atoms with Crippen LogP contribution in [0.15, 0.2) is 18.5 Å². The maximum atomic E-state index is 12.1. The molecule has 22 heavy (non-hydrogen) atoms. The first kappa shape index (κ1) is 16.6. The Kier molecular flexibility index (Phi) is 5.30. The molecule has 122 valence electrons. The van der Waals surface area contributed by atoms with Gasteiger partial charge < -0.3 is 9.80 Å². The number of hydrogen-bond donors (Lipinski definition) is 0. The monoisotopic (exact) mass is 327 g/mol. The summed E-state index contributed by atoms with van der Waals surface area (Å²) >= 11 is 0. The molecule has 1 aromatic rings. The van der Waals surface area contributed by atoms with Crippen molar-refractivity contribution in [1.29, 1.82) is 0 Å². The molecule has 1 aliphatic heterocycles. The van der Waals surface area contributed by atoms with Gasteiger partial charge in [-0.25, -0.2) is 22.7 Å². The highest BCUT2D eigenvalue weighted by molar-refractivity contribution is 7.89. The number of aromatic nitrogens is 2. The number of piperazine rings is 1. The molecule has 0 aliphatic carbocycles. The molecule has 2 heterocycles. The normalized spacial score (nSPS) is 16.1. The lowest BCUT2D eigenvalue weighted by Crippen LogP contribution is -2.49. The molecule has 0 unspecified atom stereocenters. The topological polar surface area (TPSA) is 86.7 Å². The van der Waals surface area contributed by atoms with Crippen LogP contribution in [0.2, 0.25) is 0 Å². The molecule has 0 N–H and O–H groups in total. The van der Waals surface area contributed by atoms with Crippen molar-refractivity contribution in [2.24, 2.45) is 0 Å². The van der Waals surface area contributed by atoms with Gasteiger partial charge in [0, 0.05) is 59.1 Å². The van der Waals surface area contributed by atoms with E-state index in [-0.39, 0.29) is 18.1 Å². The summed E-state index contributed by atoms with van der Waals surface area (Å²) in [6.07, 6.45) is 3.39. The lowest BCUT2D eigenvalue weighted by molar-refractivity contribution is -0.131. The molecule has 1 saturated heterocycles. The van der Waals surface area contributed by atoms with Gasteiger partial charge in [0.2, 0.25) is 21.9 Å². The zero-order chi connectivity index (χ0) is 16.2. The van der Waals surface area contributed by atoms with Crippen LogP contribution >= 0.6 is 0 Å². The second kappa shape index (κ2) is 7.01. The van der Waals surface area contributed by atoms with Crippen molar-refractivity contribution in [2.75, 3.05) is 50.9 Å². The second-order valence-electron chi connectivity index (χ2n) is 5.27. The zero-order valence-electron chi connectivity index (χ0n) is 12.8. The van der Waals surface area contributed by atoms with Gasteiger partial charge in [0.05, 0.1) is 5.75 Å². The quantitative estimate of drug-likeness (QED) is 0.718. The van der Waals surface area contributed by atoms with Gasteiger partial charge in [-0.3, -0.25) is 4.79 Å². The minimum Gasteiger partial charge on any atom is -0.339 e. The second-order valence-corrected chi connectivity index (χ2v) is 7.57. The van der Waals surface area contributed by atoms with Gasteiger partial charge in [0.25, 0.3) is 0 Å². The van der Waals surface area contributed by atoms with Crippen LogP contribution in [0, 0.1) is 0 Å². The smallest absolute Gasteiger partial charge is 0.225 e. The van der Waals surface area contributed by atoms with Gasteiger partial charge in [-0.2, -0.15) is 0 Å². The molecule has 1 aliphatic rings. The fourth-order valence-electron chi connectivity index (χ4n) is 2.17. The summed E-state index contributed by atoms with van der Waals surface area (Å²) in [6.45, 7) is 2.41. The average Bonchev–Trinajstić information content (AvgIpc) is 2.53. The van der Waals surface area contributed by atoms with E-state index in [0.29, 0.717) is 32.1 Å². The molecule has 0 atom stereocenters. The highest BCUT2D eigenvalue weighted by atomic mass is 32.2. The predicted molar refractivity (Wildman–Crippen MR) is 82.9 cm³/mol. The van der Waals surface area contributed by atoms with E-state index in [1.807, 2.05) is 4.90 Å². The first-order valence-corrected chi connectivity index (χ1v) is 8.71. The maximum absolute atomic E-state index is 12.1. The third-order valence-electron chi connectivity index (χ3n) is 3.60. The lowest BCUT2D eigenvalue weighted by Gasteiger charge is -2.34. The first-order chi connectivity index (χ1) is 10.4. The van der Waals surface area contributed by atoms with Crippen molar-refractivity contribution >= 4 is 21.9 Å². The zero-order valence-corrected chi connectivity index (χ0v) is 13.7. The third-order valence-corrected chi connectivity index (χ3v) is 5.43. The minimum absolute atomic E-state index is 0.0162. The Hall–Kier alpha value is -1.74. The van der Waals surface area contributed by atoms with Crippen molar-refractivity contribution in [2.45, 2.75) is 6.42 Å². The number of anilines is 1. The minimum atomic E-state index is -3.33. The Balaban J connectivity index is 1.83. The third kappa shape index (κ3) is 4.14. The number of hydrogen-bond acceptors (Lipinski definition) is 6. The number of sulfonamides is 1. The Bertz CT molecular complexity index is 597. The largest absolute Gasteiger partial charge is 0.339 e. The fraction of sp³-hybridized carbons (Fsp3) is 0.615. The van der Waals surface area contributed by atoms with E-state index in [4.69, 9.17) is 0 Å². The van der Waals surface area contributed by atoms with E-state index in [0.717, 1.165) is 4.31 Å². The molecule has 0 saturated carbocycles. The highest BCUT2D eigenvalue weighted by Gasteiger charge is 2.24. The van der Waals surface area contributed by atoms with Crippen LogP contribution in [0.5, 0.6) is 0 Å². The lowest BCUT2D eigenvalue weighted by atomic mass is 10.3. The molecule has 1 aromatic heterocycles. The molecule has 1 fully saturated rings. The van der Waals surface area contributed by atoms with Crippen LogP contribution in [-0.2, 0) is 14.8 Å². The van der Waals surface area contributed by atoms with E-state index in [2.05, 4.69) is 9.97 Å². The molecular formula is C13H21N5O3S. The van der Waals surface area contributed by atoms with Gasteiger partial charge >= 0.3 is 0 Å². The highest BCUT2D eigenvalue weighted by Crippen LogP contribution is 2.11. The molecule has 0 aromatic carbocycles. The molecule has 0 radical (unpaired) electrons. The standard InChI is InChI=1S/C13H21N5O3S/c1-16(2)22(20,21)11-4-12(19)17-7-9-18(10-8-17)13-14-5-3-6-15-13/h3,5-6H,4,7-11H2,1-2H3. The summed E-state index contributed by atoms with van der Waals surface area (Å²) in [7, 11) is -0.389. The van der Waals surface area contributed by atoms with E-state index < -0.39 is 10.0 Å². The van der Waals surface area contributed by atoms with E-state index in [9.17, 15) is 13.2 Å². The van der Waals surface area contributed by atoms with Crippen molar-refractivity contribution in [3.05, 3.63) is 18.5 Å². The van der Waals surface area contributed by atoms with Crippen LogP contribution in [-0.4, -0.2) is 79.5 Å². The van der Waals surface area contributed by atoms with Crippen LogP contribution in [0.4, 0.5) is 5.95 Å². The van der Waals surface area contributed by atoms with Gasteiger partial charge in [-0.05, 0) is 6.07 Å². The van der Waals surface area contributed by atoms with Crippen LogP contribution in [0.1, 0.15) is 6.42 Å². The molecule has 2 rings (SSSR count). The Morgan fingerprint density at radius 3 is 2.32 bits per heavy atom. The molecular weight excluding hydrogens is 306 g/mol. The average molecular weight is 327 g/mol. The Morgan fingerprint density at radius 2 is 1.77 bits per heavy atom. The van der Waals surface area contributed by atoms with Crippen molar-refractivity contribution < 1.29 is 13.2 Å². The molecule has 9 heteroatoms. The summed E-state index contributed by atoms with van der Waals surface area (Å²) < 4.78 is 24.5. The Labute approximate surface area is 130 Å². The van der Waals surface area contributed by atoms with E-state index in [1.54, 1.807) is 23.4 Å². The summed E-state index contributed by atoms with van der Waals surface area (Å²) in [6, 6.07) is 1.76. The number of amides is 1. The maximum Gasteiger partial charge on any atom is 0.225 e. The first-order valence-electron chi connectivity index (χ1n) is 7.10. The molecule has 0 spiro atoms. The Morgan fingerprint density at radius 1 is 1.18 bits per heavy atom. The van der Waals surface area contributed by atoms with Gasteiger partial charge in [0.15, 0.2) is 0 Å². The van der Waals surface area contributed by atoms with Gasteiger partial charge in [-0.15, -0.1) is 0 Å². The van der Waals surface area contributed by atoms with Crippen molar-refractivity contribution in [1.82, 2.24) is 19.2 Å². The molecule has 8 nitrogen and oxygen atoms in total. The summed E-state index contributed by atoms with van der Waals surface area (Å²) in [5.74, 6) is 0.379.